The van der Waals surface area contributed by atoms with E-state index in [1.807, 2.05) is 0 Å². The highest BCUT2D eigenvalue weighted by molar-refractivity contribution is 5.98. The molecule has 1 aliphatic rings. The Morgan fingerprint density at radius 3 is 2.70 bits per heavy atom. The van der Waals surface area contributed by atoms with Crippen molar-refractivity contribution in [3.8, 4) is 0 Å². The molecule has 2 N–H and O–H groups in total. The molecular formula is C17H21F2NO3. The van der Waals surface area contributed by atoms with E-state index in [4.69, 9.17) is 0 Å². The topological polar surface area (TPSA) is 66.4 Å². The van der Waals surface area contributed by atoms with Crippen molar-refractivity contribution in [3.05, 3.63) is 35.4 Å². The highest BCUT2D eigenvalue weighted by atomic mass is 19.1. The summed E-state index contributed by atoms with van der Waals surface area (Å²) in [7, 11) is 0. The zero-order valence-electron chi connectivity index (χ0n) is 12.9. The van der Waals surface area contributed by atoms with Crippen LogP contribution < -0.4 is 5.32 Å². The number of hydrogen-bond donors (Lipinski definition) is 2. The Balaban J connectivity index is 1.74. The second-order valence-corrected chi connectivity index (χ2v) is 6.04. The summed E-state index contributed by atoms with van der Waals surface area (Å²) in [6.07, 6.45) is 2.95. The van der Waals surface area contributed by atoms with Gasteiger partial charge in [-0.1, -0.05) is 6.42 Å². The Morgan fingerprint density at radius 2 is 2.00 bits per heavy atom. The second kappa shape index (κ2) is 8.15. The lowest BCUT2D eigenvalue weighted by molar-refractivity contribution is -0.121. The van der Waals surface area contributed by atoms with Gasteiger partial charge in [-0.25, -0.2) is 8.78 Å². The maximum atomic E-state index is 13.5. The minimum absolute atomic E-state index is 0.0368. The molecule has 0 radical (unpaired) electrons. The fourth-order valence-corrected chi connectivity index (χ4v) is 2.87. The maximum absolute atomic E-state index is 13.5. The quantitative estimate of drug-likeness (QED) is 0.790. The van der Waals surface area contributed by atoms with Crippen LogP contribution in [-0.4, -0.2) is 29.4 Å². The van der Waals surface area contributed by atoms with Gasteiger partial charge in [0.05, 0.1) is 11.7 Å². The number of aliphatic hydroxyl groups is 1. The molecule has 1 aromatic rings. The average molecular weight is 325 g/mol. The van der Waals surface area contributed by atoms with Gasteiger partial charge in [0.25, 0.3) is 0 Å². The monoisotopic (exact) mass is 325 g/mol. The fourth-order valence-electron chi connectivity index (χ4n) is 2.87. The summed E-state index contributed by atoms with van der Waals surface area (Å²) < 4.78 is 26.3. The lowest BCUT2D eigenvalue weighted by atomic mass is 9.87. The summed E-state index contributed by atoms with van der Waals surface area (Å²) >= 11 is 0. The molecule has 1 aromatic carbocycles. The number of ketones is 1. The summed E-state index contributed by atoms with van der Waals surface area (Å²) in [5.41, 5.74) is -0.199. The van der Waals surface area contributed by atoms with Crippen molar-refractivity contribution in [3.63, 3.8) is 0 Å². The number of aliphatic hydroxyl groups excluding tert-OH is 1. The minimum Gasteiger partial charge on any atom is -0.393 e. The maximum Gasteiger partial charge on any atom is 0.220 e. The predicted molar refractivity (Wildman–Crippen MR) is 80.9 cm³/mol. The van der Waals surface area contributed by atoms with Gasteiger partial charge in [-0.05, 0) is 37.3 Å². The van der Waals surface area contributed by atoms with Gasteiger partial charge in [-0.2, -0.15) is 0 Å². The zero-order chi connectivity index (χ0) is 16.8. The summed E-state index contributed by atoms with van der Waals surface area (Å²) in [4.78, 5) is 23.6. The first-order valence-corrected chi connectivity index (χ1v) is 7.88. The van der Waals surface area contributed by atoms with E-state index in [2.05, 4.69) is 5.32 Å². The molecule has 1 fully saturated rings. The third-order valence-electron chi connectivity index (χ3n) is 4.15. The van der Waals surface area contributed by atoms with Gasteiger partial charge in [0, 0.05) is 25.5 Å². The summed E-state index contributed by atoms with van der Waals surface area (Å²) in [6.45, 7) is 0.481. The lowest BCUT2D eigenvalue weighted by Gasteiger charge is -2.25. The van der Waals surface area contributed by atoms with Crippen LogP contribution in [0.1, 0.15) is 48.9 Å². The number of nitrogens with one attached hydrogen (secondary N) is 1. The molecule has 2 unspecified atom stereocenters. The summed E-state index contributed by atoms with van der Waals surface area (Å²) in [5.74, 6) is -2.20. The van der Waals surface area contributed by atoms with Gasteiger partial charge in [-0.15, -0.1) is 0 Å². The smallest absolute Gasteiger partial charge is 0.220 e. The molecule has 23 heavy (non-hydrogen) atoms. The van der Waals surface area contributed by atoms with Crippen LogP contribution in [0.3, 0.4) is 0 Å². The van der Waals surface area contributed by atoms with Gasteiger partial charge in [0.1, 0.15) is 11.6 Å². The van der Waals surface area contributed by atoms with Crippen molar-refractivity contribution in [2.45, 2.75) is 44.6 Å². The number of Topliss-reactive ketones (excluding diaryl/α,β-unsaturated/α-hetero) is 1. The molecule has 0 aromatic heterocycles. The lowest BCUT2D eigenvalue weighted by Crippen LogP contribution is -2.33. The number of rotatable bonds is 6. The van der Waals surface area contributed by atoms with Crippen molar-refractivity contribution in [1.29, 1.82) is 0 Å². The molecular weight excluding hydrogens is 304 g/mol. The molecule has 1 saturated carbocycles. The first-order chi connectivity index (χ1) is 11.0. The van der Waals surface area contributed by atoms with Crippen LogP contribution >= 0.6 is 0 Å². The fraction of sp³-hybridized carbons (Fsp3) is 0.529. The van der Waals surface area contributed by atoms with E-state index < -0.39 is 17.4 Å². The number of carbonyl (C=O) groups is 2. The Bertz CT molecular complexity index is 577. The van der Waals surface area contributed by atoms with Crippen LogP contribution in [-0.2, 0) is 4.79 Å². The van der Waals surface area contributed by atoms with Crippen LogP contribution in [0.15, 0.2) is 18.2 Å². The van der Waals surface area contributed by atoms with Crippen molar-refractivity contribution in [1.82, 2.24) is 5.32 Å². The molecule has 4 nitrogen and oxygen atoms in total. The van der Waals surface area contributed by atoms with Crippen molar-refractivity contribution < 1.29 is 23.5 Å². The van der Waals surface area contributed by atoms with Crippen LogP contribution in [0.2, 0.25) is 0 Å². The number of hydrogen-bond acceptors (Lipinski definition) is 3. The largest absolute Gasteiger partial charge is 0.393 e. The van der Waals surface area contributed by atoms with Crippen LogP contribution in [0.5, 0.6) is 0 Å². The van der Waals surface area contributed by atoms with Crippen LogP contribution in [0.25, 0.3) is 0 Å². The van der Waals surface area contributed by atoms with E-state index >= 15 is 0 Å². The molecule has 1 amide bonds. The molecule has 1 aliphatic carbocycles. The van der Waals surface area contributed by atoms with E-state index in [1.54, 1.807) is 0 Å². The Kier molecular flexibility index (Phi) is 6.21. The van der Waals surface area contributed by atoms with E-state index in [9.17, 15) is 23.5 Å². The first kappa shape index (κ1) is 17.5. The van der Waals surface area contributed by atoms with Gasteiger partial charge in [0.15, 0.2) is 5.78 Å². The Morgan fingerprint density at radius 1 is 1.22 bits per heavy atom. The van der Waals surface area contributed by atoms with Gasteiger partial charge in [0.2, 0.25) is 5.91 Å². The predicted octanol–water partition coefficient (Wildman–Crippen LogP) is 2.60. The molecule has 0 bridgehead atoms. The van der Waals surface area contributed by atoms with Crippen molar-refractivity contribution >= 4 is 11.7 Å². The summed E-state index contributed by atoms with van der Waals surface area (Å²) in [5, 5.41) is 12.3. The van der Waals surface area contributed by atoms with E-state index in [0.29, 0.717) is 19.0 Å². The molecule has 2 rings (SSSR count). The number of carbonyl (C=O) groups excluding carboxylic acids is 2. The van der Waals surface area contributed by atoms with Gasteiger partial charge in [-0.3, -0.25) is 9.59 Å². The van der Waals surface area contributed by atoms with E-state index in [1.165, 1.54) is 0 Å². The average Bonchev–Trinajstić information content (AvgIpc) is 2.50. The van der Waals surface area contributed by atoms with Crippen LogP contribution in [0.4, 0.5) is 8.78 Å². The number of benzene rings is 1. The Hall–Kier alpha value is -1.82. The van der Waals surface area contributed by atoms with E-state index in [0.717, 1.165) is 31.4 Å². The molecule has 6 heteroatoms. The number of amides is 1. The van der Waals surface area contributed by atoms with Gasteiger partial charge >= 0.3 is 0 Å². The number of halogens is 2. The normalized spacial score (nSPS) is 21.0. The minimum atomic E-state index is -0.911. The van der Waals surface area contributed by atoms with Gasteiger partial charge < -0.3 is 10.4 Å². The standard InChI is InChI=1S/C17H21F2NO3/c18-12-4-5-14(15(19)9-12)16(22)6-7-17(23)20-10-11-2-1-3-13(21)8-11/h4-5,9,11,13,21H,1-3,6-8,10H2,(H,20,23). The van der Waals surface area contributed by atoms with Crippen LogP contribution in [0, 0.1) is 17.6 Å². The first-order valence-electron chi connectivity index (χ1n) is 7.88. The molecule has 126 valence electrons. The zero-order valence-corrected chi connectivity index (χ0v) is 12.9. The van der Waals surface area contributed by atoms with Crippen molar-refractivity contribution in [2.24, 2.45) is 5.92 Å². The second-order valence-electron chi connectivity index (χ2n) is 6.04. The summed E-state index contributed by atoms with van der Waals surface area (Å²) in [6, 6.07) is 2.76. The van der Waals surface area contributed by atoms with E-state index in [-0.39, 0.29) is 36.3 Å². The third-order valence-corrected chi connectivity index (χ3v) is 4.15. The Labute approximate surface area is 133 Å². The third kappa shape index (κ3) is 5.39. The molecule has 2 atom stereocenters. The molecule has 0 aliphatic heterocycles. The SMILES string of the molecule is O=C(CCC(=O)c1ccc(F)cc1F)NCC1CCCC(O)C1. The molecule has 0 saturated heterocycles. The van der Waals surface area contributed by atoms with Crippen molar-refractivity contribution in [2.75, 3.05) is 6.54 Å². The highest BCUT2D eigenvalue weighted by Gasteiger charge is 2.21. The molecule has 0 heterocycles. The molecule has 0 spiro atoms. The highest BCUT2D eigenvalue weighted by Crippen LogP contribution is 2.23.